The minimum absolute atomic E-state index is 0.0213. The molecule has 0 fully saturated rings. The van der Waals surface area contributed by atoms with E-state index in [2.05, 4.69) is 26.3 Å². The Bertz CT molecular complexity index is 438. The molecule has 0 saturated heterocycles. The largest absolute Gasteiger partial charge is 0.359 e. The molecule has 0 bridgehead atoms. The number of carbonyl (C=O) groups excluding carboxylic acids is 1. The zero-order chi connectivity index (χ0) is 14.3. The average Bonchev–Trinajstić information content (AvgIpc) is 2.79. The summed E-state index contributed by atoms with van der Waals surface area (Å²) >= 11 is 0. The third kappa shape index (κ3) is 4.65. The van der Waals surface area contributed by atoms with Crippen molar-refractivity contribution in [2.45, 2.75) is 13.0 Å². The summed E-state index contributed by atoms with van der Waals surface area (Å²) in [6.45, 7) is 1.34. The molecule has 0 radical (unpaired) electrons. The summed E-state index contributed by atoms with van der Waals surface area (Å²) in [5.41, 5.74) is 1.21. The normalized spacial score (nSPS) is 11.3. The number of hydrogen-bond acceptors (Lipinski definition) is 2. The smallest absolute Gasteiger partial charge is 0.221 e. The van der Waals surface area contributed by atoms with Gasteiger partial charge in [0.25, 0.3) is 0 Å². The molecule has 0 unspecified atom stereocenters. The highest BCUT2D eigenvalue weighted by Crippen LogP contribution is 2.03. The van der Waals surface area contributed by atoms with Crippen LogP contribution in [0.4, 0.5) is 0 Å². The predicted octanol–water partition coefficient (Wildman–Crippen LogP) is 0.168. The van der Waals surface area contributed by atoms with Crippen molar-refractivity contribution in [3.05, 3.63) is 24.0 Å². The lowest BCUT2D eigenvalue weighted by Crippen LogP contribution is -2.40. The van der Waals surface area contributed by atoms with Gasteiger partial charge in [-0.3, -0.25) is 9.79 Å². The van der Waals surface area contributed by atoms with Crippen LogP contribution in [0.15, 0.2) is 23.3 Å². The Balaban J connectivity index is 2.46. The number of aryl methyl sites for hydroxylation is 1. The molecule has 0 aromatic carbocycles. The van der Waals surface area contributed by atoms with Crippen molar-refractivity contribution in [3.63, 3.8) is 0 Å². The fourth-order valence-electron chi connectivity index (χ4n) is 1.78. The zero-order valence-corrected chi connectivity index (χ0v) is 12.1. The van der Waals surface area contributed by atoms with Gasteiger partial charge in [-0.15, -0.1) is 0 Å². The van der Waals surface area contributed by atoms with Crippen LogP contribution in [0.5, 0.6) is 0 Å². The first kappa shape index (κ1) is 15.1. The molecule has 1 amide bonds. The molecule has 6 nitrogen and oxygen atoms in total. The molecule has 2 N–H and O–H groups in total. The Morgan fingerprint density at radius 3 is 2.79 bits per heavy atom. The lowest BCUT2D eigenvalue weighted by atomic mass is 10.4. The van der Waals surface area contributed by atoms with Crippen LogP contribution >= 0.6 is 0 Å². The summed E-state index contributed by atoms with van der Waals surface area (Å²) in [4.78, 5) is 17.4. The Morgan fingerprint density at radius 2 is 2.26 bits per heavy atom. The van der Waals surface area contributed by atoms with Gasteiger partial charge in [-0.2, -0.15) is 0 Å². The third-order valence-corrected chi connectivity index (χ3v) is 2.94. The molecule has 6 heteroatoms. The number of hydrogen-bond donors (Lipinski definition) is 2. The Morgan fingerprint density at radius 1 is 1.53 bits per heavy atom. The highest BCUT2D eigenvalue weighted by molar-refractivity contribution is 5.81. The van der Waals surface area contributed by atoms with E-state index in [1.165, 1.54) is 5.69 Å². The fourth-order valence-corrected chi connectivity index (χ4v) is 1.78. The van der Waals surface area contributed by atoms with Crippen molar-refractivity contribution < 1.29 is 4.79 Å². The van der Waals surface area contributed by atoms with Gasteiger partial charge in [-0.25, -0.2) is 0 Å². The molecule has 0 saturated carbocycles. The lowest BCUT2D eigenvalue weighted by Gasteiger charge is -2.22. The number of guanidine groups is 1. The van der Waals surface area contributed by atoms with Gasteiger partial charge in [0.2, 0.25) is 5.91 Å². The monoisotopic (exact) mass is 265 g/mol. The van der Waals surface area contributed by atoms with E-state index in [1.54, 1.807) is 14.1 Å². The molecule has 19 heavy (non-hydrogen) atoms. The first-order chi connectivity index (χ1) is 9.08. The van der Waals surface area contributed by atoms with E-state index in [-0.39, 0.29) is 5.91 Å². The van der Waals surface area contributed by atoms with Gasteiger partial charge >= 0.3 is 0 Å². The Kier molecular flexibility index (Phi) is 5.92. The van der Waals surface area contributed by atoms with Crippen molar-refractivity contribution in [2.24, 2.45) is 12.0 Å². The van der Waals surface area contributed by atoms with Gasteiger partial charge in [0.05, 0.1) is 6.54 Å². The molecule has 1 rings (SSSR count). The van der Waals surface area contributed by atoms with Gasteiger partial charge in [0, 0.05) is 53.0 Å². The van der Waals surface area contributed by atoms with Crippen molar-refractivity contribution in [2.75, 3.05) is 27.7 Å². The van der Waals surface area contributed by atoms with Crippen molar-refractivity contribution >= 4 is 11.9 Å². The quantitative estimate of drug-likeness (QED) is 0.589. The standard InChI is InChI=1S/C13H23N5O/c1-14-12(19)7-8-16-13(15-2)18(4)10-11-6-5-9-17(11)3/h5-6,9H,7-8,10H2,1-4H3,(H,14,19)(H,15,16). The molecule has 0 aliphatic heterocycles. The molecule has 0 spiro atoms. The van der Waals surface area contributed by atoms with Gasteiger partial charge in [0.15, 0.2) is 5.96 Å². The molecule has 0 aliphatic carbocycles. The summed E-state index contributed by atoms with van der Waals surface area (Å²) in [6, 6.07) is 4.10. The Hall–Kier alpha value is -1.98. The molecular weight excluding hydrogens is 242 g/mol. The second kappa shape index (κ2) is 7.45. The van der Waals surface area contributed by atoms with Crippen LogP contribution in [0, 0.1) is 0 Å². The first-order valence-electron chi connectivity index (χ1n) is 6.31. The van der Waals surface area contributed by atoms with Gasteiger partial charge in [-0.1, -0.05) is 0 Å². The summed E-state index contributed by atoms with van der Waals surface area (Å²) in [7, 11) is 7.37. The van der Waals surface area contributed by atoms with E-state index < -0.39 is 0 Å². The number of rotatable bonds is 5. The van der Waals surface area contributed by atoms with E-state index in [9.17, 15) is 4.79 Å². The van der Waals surface area contributed by atoms with Crippen molar-refractivity contribution in [1.82, 2.24) is 20.1 Å². The van der Waals surface area contributed by atoms with E-state index in [0.717, 1.165) is 12.5 Å². The molecule has 0 aliphatic rings. The molecule has 0 atom stereocenters. The van der Waals surface area contributed by atoms with Gasteiger partial charge in [-0.05, 0) is 12.1 Å². The maximum Gasteiger partial charge on any atom is 0.221 e. The summed E-state index contributed by atoms with van der Waals surface area (Å²) in [5, 5.41) is 5.77. The molecular formula is C13H23N5O. The van der Waals surface area contributed by atoms with Crippen LogP contribution in [0.1, 0.15) is 12.1 Å². The van der Waals surface area contributed by atoms with E-state index in [1.807, 2.05) is 31.3 Å². The van der Waals surface area contributed by atoms with E-state index in [4.69, 9.17) is 0 Å². The predicted molar refractivity (Wildman–Crippen MR) is 76.9 cm³/mol. The fraction of sp³-hybridized carbons (Fsp3) is 0.538. The SMILES string of the molecule is CN=C(NCCC(=O)NC)N(C)Cc1cccn1C. The van der Waals surface area contributed by atoms with Crippen molar-refractivity contribution in [3.8, 4) is 0 Å². The van der Waals surface area contributed by atoms with Crippen LogP contribution in [0.3, 0.4) is 0 Å². The minimum atomic E-state index is 0.0213. The third-order valence-electron chi connectivity index (χ3n) is 2.94. The van der Waals surface area contributed by atoms with Crippen LogP contribution in [-0.2, 0) is 18.4 Å². The topological polar surface area (TPSA) is 61.7 Å². The van der Waals surface area contributed by atoms with Gasteiger partial charge < -0.3 is 20.1 Å². The number of nitrogens with zero attached hydrogens (tertiary/aromatic N) is 3. The van der Waals surface area contributed by atoms with Crippen LogP contribution in [0.2, 0.25) is 0 Å². The Labute approximate surface area is 114 Å². The number of aliphatic imine (C=N–C) groups is 1. The number of amides is 1. The zero-order valence-electron chi connectivity index (χ0n) is 12.1. The second-order valence-corrected chi connectivity index (χ2v) is 4.36. The number of aromatic nitrogens is 1. The highest BCUT2D eigenvalue weighted by atomic mass is 16.1. The molecule has 1 heterocycles. The van der Waals surface area contributed by atoms with Crippen LogP contribution in [-0.4, -0.2) is 49.0 Å². The number of nitrogens with one attached hydrogen (secondary N) is 2. The lowest BCUT2D eigenvalue weighted by molar-refractivity contribution is -0.120. The van der Waals surface area contributed by atoms with E-state index in [0.29, 0.717) is 13.0 Å². The highest BCUT2D eigenvalue weighted by Gasteiger charge is 2.08. The summed E-state index contributed by atoms with van der Waals surface area (Å²) < 4.78 is 2.08. The van der Waals surface area contributed by atoms with Gasteiger partial charge in [0.1, 0.15) is 0 Å². The summed E-state index contributed by atoms with van der Waals surface area (Å²) in [6.07, 6.45) is 2.46. The first-order valence-corrected chi connectivity index (χ1v) is 6.31. The van der Waals surface area contributed by atoms with Crippen LogP contribution in [0.25, 0.3) is 0 Å². The van der Waals surface area contributed by atoms with E-state index >= 15 is 0 Å². The second-order valence-electron chi connectivity index (χ2n) is 4.36. The minimum Gasteiger partial charge on any atom is -0.359 e. The average molecular weight is 265 g/mol. The number of carbonyl (C=O) groups is 1. The summed E-state index contributed by atoms with van der Waals surface area (Å²) in [5.74, 6) is 0.804. The van der Waals surface area contributed by atoms with Crippen LogP contribution < -0.4 is 10.6 Å². The molecule has 1 aromatic heterocycles. The van der Waals surface area contributed by atoms with Crippen molar-refractivity contribution in [1.29, 1.82) is 0 Å². The molecule has 106 valence electrons. The maximum atomic E-state index is 11.1. The maximum absolute atomic E-state index is 11.1. The molecule has 1 aromatic rings.